The Morgan fingerprint density at radius 2 is 1.58 bits per heavy atom. The highest BCUT2D eigenvalue weighted by Gasteiger charge is 2.17. The fourth-order valence-electron chi connectivity index (χ4n) is 2.72. The second kappa shape index (κ2) is 7.62. The number of benzene rings is 2. The van der Waals surface area contributed by atoms with Crippen molar-refractivity contribution in [2.75, 3.05) is 11.1 Å². The third-order valence-corrected chi connectivity index (χ3v) is 5.46. The van der Waals surface area contributed by atoms with Crippen LogP contribution in [0.15, 0.2) is 42.5 Å². The molecule has 1 amide bonds. The maximum Gasteiger partial charge on any atom is 0.225 e. The van der Waals surface area contributed by atoms with E-state index in [4.69, 9.17) is 0 Å². The minimum Gasteiger partial charge on any atom is -0.326 e. The zero-order valence-electron chi connectivity index (χ0n) is 14.3. The summed E-state index contributed by atoms with van der Waals surface area (Å²) in [6.07, 6.45) is -0.0405. The van der Waals surface area contributed by atoms with E-state index in [0.29, 0.717) is 5.69 Å². The molecule has 128 valence electrons. The fraction of sp³-hybridized carbons (Fsp3) is 0.316. The SMILES string of the molecule is Cc1cc(C)c(CS(=O)(=O)CCC(=O)Nc2ccccc2)c(C)c1. The molecule has 0 atom stereocenters. The van der Waals surface area contributed by atoms with Gasteiger partial charge in [-0.25, -0.2) is 8.42 Å². The van der Waals surface area contributed by atoms with Gasteiger partial charge in [-0.15, -0.1) is 0 Å². The van der Waals surface area contributed by atoms with Gasteiger partial charge in [0.2, 0.25) is 5.91 Å². The van der Waals surface area contributed by atoms with Gasteiger partial charge in [-0.05, 0) is 49.6 Å². The Hall–Kier alpha value is -2.14. The molecule has 0 spiro atoms. The van der Waals surface area contributed by atoms with Crippen molar-refractivity contribution in [1.29, 1.82) is 0 Å². The number of carbonyl (C=O) groups is 1. The molecule has 2 aromatic carbocycles. The average Bonchev–Trinajstić information content (AvgIpc) is 2.50. The molecule has 0 unspecified atom stereocenters. The Morgan fingerprint density at radius 1 is 1.00 bits per heavy atom. The lowest BCUT2D eigenvalue weighted by molar-refractivity contribution is -0.115. The predicted octanol–water partition coefficient (Wildman–Crippen LogP) is 3.56. The maximum absolute atomic E-state index is 12.4. The Balaban J connectivity index is 1.98. The second-order valence-corrected chi connectivity index (χ2v) is 8.32. The van der Waals surface area contributed by atoms with Crippen LogP contribution in [0, 0.1) is 20.8 Å². The number of sulfone groups is 1. The Kier molecular flexibility index (Phi) is 5.78. The van der Waals surface area contributed by atoms with Crippen molar-refractivity contribution in [2.45, 2.75) is 32.9 Å². The molecule has 0 saturated carbocycles. The quantitative estimate of drug-likeness (QED) is 0.871. The van der Waals surface area contributed by atoms with E-state index in [1.807, 2.05) is 51.1 Å². The minimum atomic E-state index is -3.34. The summed E-state index contributed by atoms with van der Waals surface area (Å²) in [6, 6.07) is 13.0. The van der Waals surface area contributed by atoms with Gasteiger partial charge in [-0.1, -0.05) is 35.9 Å². The van der Waals surface area contributed by atoms with Gasteiger partial charge in [0, 0.05) is 12.1 Å². The molecule has 0 aliphatic heterocycles. The van der Waals surface area contributed by atoms with Crippen molar-refractivity contribution in [2.24, 2.45) is 0 Å². The number of para-hydroxylation sites is 1. The van der Waals surface area contributed by atoms with Crippen molar-refractivity contribution in [1.82, 2.24) is 0 Å². The first kappa shape index (κ1) is 18.2. The monoisotopic (exact) mass is 345 g/mol. The summed E-state index contributed by atoms with van der Waals surface area (Å²) in [4.78, 5) is 11.9. The van der Waals surface area contributed by atoms with Crippen LogP contribution in [0.1, 0.15) is 28.7 Å². The molecule has 0 saturated heterocycles. The van der Waals surface area contributed by atoms with E-state index in [-0.39, 0.29) is 23.8 Å². The number of amides is 1. The van der Waals surface area contributed by atoms with Crippen LogP contribution in [0.4, 0.5) is 5.69 Å². The maximum atomic E-state index is 12.4. The van der Waals surface area contributed by atoms with Gasteiger partial charge in [-0.2, -0.15) is 0 Å². The van der Waals surface area contributed by atoms with Crippen LogP contribution in [0.25, 0.3) is 0 Å². The number of anilines is 1. The molecule has 0 aromatic heterocycles. The Labute approximate surface area is 143 Å². The first-order valence-corrected chi connectivity index (χ1v) is 9.71. The van der Waals surface area contributed by atoms with E-state index in [2.05, 4.69) is 5.32 Å². The number of nitrogens with one attached hydrogen (secondary N) is 1. The molecule has 2 rings (SSSR count). The summed E-state index contributed by atoms with van der Waals surface area (Å²) in [6.45, 7) is 5.84. The highest BCUT2D eigenvalue weighted by Crippen LogP contribution is 2.19. The van der Waals surface area contributed by atoms with Gasteiger partial charge >= 0.3 is 0 Å². The van der Waals surface area contributed by atoms with E-state index < -0.39 is 9.84 Å². The molecule has 0 heterocycles. The number of hydrogen-bond acceptors (Lipinski definition) is 3. The van der Waals surface area contributed by atoms with Crippen LogP contribution in [0.3, 0.4) is 0 Å². The standard InChI is InChI=1S/C19H23NO3S/c1-14-11-15(2)18(16(3)12-14)13-24(22,23)10-9-19(21)20-17-7-5-4-6-8-17/h4-8,11-12H,9-10,13H2,1-3H3,(H,20,21). The van der Waals surface area contributed by atoms with Gasteiger partial charge in [0.05, 0.1) is 11.5 Å². The highest BCUT2D eigenvalue weighted by molar-refractivity contribution is 7.90. The molecule has 0 aliphatic rings. The van der Waals surface area contributed by atoms with E-state index in [9.17, 15) is 13.2 Å². The van der Waals surface area contributed by atoms with Crippen LogP contribution >= 0.6 is 0 Å². The summed E-state index contributed by atoms with van der Waals surface area (Å²) in [5, 5.41) is 2.71. The molecular weight excluding hydrogens is 322 g/mol. The van der Waals surface area contributed by atoms with E-state index in [0.717, 1.165) is 22.3 Å². The smallest absolute Gasteiger partial charge is 0.225 e. The summed E-state index contributed by atoms with van der Waals surface area (Å²) in [5.74, 6) is -0.468. The van der Waals surface area contributed by atoms with Gasteiger partial charge in [0.15, 0.2) is 9.84 Å². The lowest BCUT2D eigenvalue weighted by Crippen LogP contribution is -2.19. The third kappa shape index (κ3) is 5.20. The van der Waals surface area contributed by atoms with Gasteiger partial charge in [-0.3, -0.25) is 4.79 Å². The summed E-state index contributed by atoms with van der Waals surface area (Å²) in [5.41, 5.74) is 4.58. The average molecular weight is 345 g/mol. The van der Waals surface area contributed by atoms with Gasteiger partial charge in [0.25, 0.3) is 0 Å². The Bertz CT molecular complexity index is 804. The summed E-state index contributed by atoms with van der Waals surface area (Å²) < 4.78 is 24.7. The molecule has 5 heteroatoms. The molecular formula is C19H23NO3S. The van der Waals surface area contributed by atoms with Crippen LogP contribution < -0.4 is 5.32 Å². The molecule has 0 aliphatic carbocycles. The van der Waals surface area contributed by atoms with E-state index >= 15 is 0 Å². The minimum absolute atomic E-state index is 0.0242. The van der Waals surface area contributed by atoms with Crippen molar-refractivity contribution in [3.63, 3.8) is 0 Å². The predicted molar refractivity (Wildman–Crippen MR) is 97.8 cm³/mol. The number of rotatable bonds is 6. The van der Waals surface area contributed by atoms with Crippen molar-refractivity contribution < 1.29 is 13.2 Å². The van der Waals surface area contributed by atoms with Gasteiger partial charge in [0.1, 0.15) is 0 Å². The number of aryl methyl sites for hydroxylation is 3. The largest absolute Gasteiger partial charge is 0.326 e. The number of carbonyl (C=O) groups excluding carboxylic acids is 1. The summed E-state index contributed by atoms with van der Waals surface area (Å²) in [7, 11) is -3.34. The lowest BCUT2D eigenvalue weighted by Gasteiger charge is -2.12. The van der Waals surface area contributed by atoms with Crippen LogP contribution in [0.5, 0.6) is 0 Å². The van der Waals surface area contributed by atoms with Crippen LogP contribution in [-0.2, 0) is 20.4 Å². The van der Waals surface area contributed by atoms with Crippen molar-refractivity contribution in [3.8, 4) is 0 Å². The van der Waals surface area contributed by atoms with Crippen LogP contribution in [-0.4, -0.2) is 20.1 Å². The van der Waals surface area contributed by atoms with Crippen molar-refractivity contribution >= 4 is 21.4 Å². The molecule has 0 fully saturated rings. The normalized spacial score (nSPS) is 11.3. The van der Waals surface area contributed by atoms with E-state index in [1.54, 1.807) is 12.1 Å². The second-order valence-electron chi connectivity index (χ2n) is 6.13. The van der Waals surface area contributed by atoms with Crippen molar-refractivity contribution in [3.05, 3.63) is 64.7 Å². The fourth-order valence-corrected chi connectivity index (χ4v) is 4.26. The first-order valence-electron chi connectivity index (χ1n) is 7.89. The topological polar surface area (TPSA) is 63.2 Å². The molecule has 2 aromatic rings. The number of hydrogen-bond donors (Lipinski definition) is 1. The molecule has 0 radical (unpaired) electrons. The van der Waals surface area contributed by atoms with Gasteiger partial charge < -0.3 is 5.32 Å². The first-order chi connectivity index (χ1) is 11.3. The summed E-state index contributed by atoms with van der Waals surface area (Å²) >= 11 is 0. The highest BCUT2D eigenvalue weighted by atomic mass is 32.2. The van der Waals surface area contributed by atoms with E-state index in [1.165, 1.54) is 0 Å². The molecule has 1 N–H and O–H groups in total. The lowest BCUT2D eigenvalue weighted by atomic mass is 10.0. The molecule has 24 heavy (non-hydrogen) atoms. The molecule has 0 bridgehead atoms. The third-order valence-electron chi connectivity index (χ3n) is 3.90. The molecule has 4 nitrogen and oxygen atoms in total. The zero-order valence-corrected chi connectivity index (χ0v) is 15.1. The Morgan fingerprint density at radius 3 is 2.17 bits per heavy atom. The van der Waals surface area contributed by atoms with Crippen LogP contribution in [0.2, 0.25) is 0 Å². The zero-order chi connectivity index (χ0) is 17.7.